The average Bonchev–Trinajstić information content (AvgIpc) is 2.99. The highest BCUT2D eigenvalue weighted by molar-refractivity contribution is 6.88. The molecule has 2 aromatic rings. The lowest BCUT2D eigenvalue weighted by Gasteiger charge is -2.14. The highest BCUT2D eigenvalue weighted by atomic mass is 28.3. The minimum Gasteiger partial charge on any atom is -0.497 e. The Labute approximate surface area is 159 Å². The summed E-state index contributed by atoms with van der Waals surface area (Å²) in [7, 11) is 1.14. The molecule has 0 spiro atoms. The molecule has 0 fully saturated rings. The van der Waals surface area contributed by atoms with Gasteiger partial charge in [0, 0.05) is 16.9 Å². The molecule has 0 aliphatic carbocycles. The molecule has 0 atom stereocenters. The van der Waals surface area contributed by atoms with Gasteiger partial charge >= 0.3 is 5.97 Å². The highest BCUT2D eigenvalue weighted by Crippen LogP contribution is 2.25. The van der Waals surface area contributed by atoms with Crippen LogP contribution in [-0.2, 0) is 13.0 Å². The molecule has 27 heavy (non-hydrogen) atoms. The molecular formula is C19H26N2O5Si. The second-order valence-electron chi connectivity index (χ2n) is 7.23. The maximum Gasteiger partial charge on any atom is 0.354 e. The van der Waals surface area contributed by atoms with Gasteiger partial charge in [0.15, 0.2) is 5.78 Å². The van der Waals surface area contributed by atoms with Crippen LogP contribution < -0.4 is 14.8 Å². The lowest BCUT2D eigenvalue weighted by atomic mass is 10.1. The third kappa shape index (κ3) is 4.21. The third-order valence-electron chi connectivity index (χ3n) is 4.32. The van der Waals surface area contributed by atoms with E-state index in [1.165, 1.54) is 18.9 Å². The molecule has 146 valence electrons. The van der Waals surface area contributed by atoms with Crippen molar-refractivity contribution in [2.75, 3.05) is 14.2 Å². The summed E-state index contributed by atoms with van der Waals surface area (Å²) in [5.41, 5.74) is 1.17. The van der Waals surface area contributed by atoms with Crippen molar-refractivity contribution >= 4 is 25.1 Å². The standard InChI is InChI=1S/C19H26N2O5Si/c1-7-13-17(19(23)24)21(20-18(13)27(4,5)6)11-15(22)14-9-8-12(25-2)10-16(14)26-3/h8-10H,7,11H2,1-6H3,(H,23,24). The fourth-order valence-corrected chi connectivity index (χ4v) is 4.66. The van der Waals surface area contributed by atoms with E-state index in [9.17, 15) is 14.7 Å². The Morgan fingerprint density at radius 1 is 1.19 bits per heavy atom. The molecule has 0 saturated heterocycles. The predicted molar refractivity (Wildman–Crippen MR) is 105 cm³/mol. The summed E-state index contributed by atoms with van der Waals surface area (Å²) in [5, 5.41) is 15.1. The van der Waals surface area contributed by atoms with Crippen LogP contribution in [0.25, 0.3) is 0 Å². The van der Waals surface area contributed by atoms with Gasteiger partial charge in [-0.1, -0.05) is 26.6 Å². The van der Waals surface area contributed by atoms with Crippen molar-refractivity contribution in [3.05, 3.63) is 35.0 Å². The van der Waals surface area contributed by atoms with Gasteiger partial charge in [0.05, 0.1) is 19.8 Å². The predicted octanol–water partition coefficient (Wildman–Crippen LogP) is 2.59. The van der Waals surface area contributed by atoms with Gasteiger partial charge in [0.25, 0.3) is 0 Å². The normalized spacial score (nSPS) is 11.3. The number of hydrogen-bond acceptors (Lipinski definition) is 5. The number of carboxylic acids is 1. The van der Waals surface area contributed by atoms with Crippen LogP contribution in [0.5, 0.6) is 11.5 Å². The van der Waals surface area contributed by atoms with E-state index in [-0.39, 0.29) is 18.0 Å². The number of carbonyl (C=O) groups is 2. The summed E-state index contributed by atoms with van der Waals surface area (Å²) in [6, 6.07) is 4.91. The molecule has 8 heteroatoms. The van der Waals surface area contributed by atoms with E-state index >= 15 is 0 Å². The number of Topliss-reactive ketones (excluding diaryl/α,β-unsaturated/α-hetero) is 1. The van der Waals surface area contributed by atoms with Crippen LogP contribution in [0.3, 0.4) is 0 Å². The highest BCUT2D eigenvalue weighted by Gasteiger charge is 2.31. The number of carboxylic acid groups (broad SMARTS) is 1. The van der Waals surface area contributed by atoms with Crippen LogP contribution in [0.15, 0.2) is 18.2 Å². The summed E-state index contributed by atoms with van der Waals surface area (Å²) >= 11 is 0. The number of nitrogens with zero attached hydrogens (tertiary/aromatic N) is 2. The van der Waals surface area contributed by atoms with Gasteiger partial charge in [-0.05, 0) is 18.6 Å². The summed E-state index contributed by atoms with van der Waals surface area (Å²) in [4.78, 5) is 24.7. The Bertz CT molecular complexity index is 868. The third-order valence-corrected chi connectivity index (χ3v) is 6.14. The van der Waals surface area contributed by atoms with Gasteiger partial charge in [-0.15, -0.1) is 0 Å². The van der Waals surface area contributed by atoms with Crippen molar-refractivity contribution in [2.45, 2.75) is 39.5 Å². The van der Waals surface area contributed by atoms with E-state index in [0.29, 0.717) is 23.5 Å². The largest absolute Gasteiger partial charge is 0.497 e. The Hall–Kier alpha value is -2.61. The van der Waals surface area contributed by atoms with Crippen LogP contribution in [0.1, 0.15) is 33.3 Å². The van der Waals surface area contributed by atoms with Crippen molar-refractivity contribution < 1.29 is 24.2 Å². The van der Waals surface area contributed by atoms with Gasteiger partial charge in [0.1, 0.15) is 31.8 Å². The van der Waals surface area contributed by atoms with Gasteiger partial charge in [-0.2, -0.15) is 5.10 Å². The van der Waals surface area contributed by atoms with E-state index in [0.717, 1.165) is 10.9 Å². The maximum absolute atomic E-state index is 12.9. The van der Waals surface area contributed by atoms with Crippen molar-refractivity contribution in [2.24, 2.45) is 0 Å². The molecule has 1 aromatic carbocycles. The van der Waals surface area contributed by atoms with Gasteiger partial charge in [-0.3, -0.25) is 9.48 Å². The Balaban J connectivity index is 2.50. The van der Waals surface area contributed by atoms with Crippen LogP contribution in [-0.4, -0.2) is 48.9 Å². The molecule has 0 aliphatic rings. The molecule has 7 nitrogen and oxygen atoms in total. The molecule has 0 bridgehead atoms. The van der Waals surface area contributed by atoms with E-state index < -0.39 is 14.0 Å². The van der Waals surface area contributed by atoms with Gasteiger partial charge in [-0.25, -0.2) is 4.79 Å². The lowest BCUT2D eigenvalue weighted by molar-refractivity contribution is 0.0681. The first-order valence-electron chi connectivity index (χ1n) is 8.72. The Kier molecular flexibility index (Phi) is 6.10. The molecule has 0 radical (unpaired) electrons. The van der Waals surface area contributed by atoms with Crippen molar-refractivity contribution in [3.8, 4) is 11.5 Å². The first-order chi connectivity index (χ1) is 12.6. The quantitative estimate of drug-likeness (QED) is 0.550. The van der Waals surface area contributed by atoms with Gasteiger partial charge in [0.2, 0.25) is 0 Å². The molecule has 1 N–H and O–H groups in total. The van der Waals surface area contributed by atoms with Crippen molar-refractivity contribution in [1.82, 2.24) is 9.78 Å². The average molecular weight is 391 g/mol. The van der Waals surface area contributed by atoms with E-state index in [2.05, 4.69) is 24.7 Å². The lowest BCUT2D eigenvalue weighted by Crippen LogP contribution is -2.41. The molecule has 0 aliphatic heterocycles. The van der Waals surface area contributed by atoms with Crippen LogP contribution >= 0.6 is 0 Å². The first kappa shape index (κ1) is 20.7. The molecule has 1 heterocycles. The summed E-state index contributed by atoms with van der Waals surface area (Å²) < 4.78 is 11.8. The molecule has 0 unspecified atom stereocenters. The number of methoxy groups -OCH3 is 2. The zero-order valence-corrected chi connectivity index (χ0v) is 17.6. The van der Waals surface area contributed by atoms with Crippen molar-refractivity contribution in [1.29, 1.82) is 0 Å². The SMILES string of the molecule is CCc1c([Si](C)(C)C)nn(CC(=O)c2ccc(OC)cc2OC)c1C(=O)O. The summed E-state index contributed by atoms with van der Waals surface area (Å²) in [5.74, 6) is -0.393. The van der Waals surface area contributed by atoms with E-state index in [1.54, 1.807) is 18.2 Å². The number of carbonyl (C=O) groups excluding carboxylic acids is 1. The molecule has 1 aromatic heterocycles. The number of aromatic nitrogens is 2. The number of benzene rings is 1. The second kappa shape index (κ2) is 7.95. The molecule has 0 saturated carbocycles. The number of ether oxygens (including phenoxy) is 2. The minimum absolute atomic E-state index is 0.0933. The number of aromatic carboxylic acids is 1. The number of rotatable bonds is 8. The number of ketones is 1. The maximum atomic E-state index is 12.9. The molecule has 2 rings (SSSR count). The fourth-order valence-electron chi connectivity index (χ4n) is 3.04. The summed E-state index contributed by atoms with van der Waals surface area (Å²) in [6.45, 7) is 8.07. The summed E-state index contributed by atoms with van der Waals surface area (Å²) in [6.07, 6.45) is 0.557. The Morgan fingerprint density at radius 3 is 2.33 bits per heavy atom. The first-order valence-corrected chi connectivity index (χ1v) is 12.2. The van der Waals surface area contributed by atoms with Crippen LogP contribution in [0.2, 0.25) is 19.6 Å². The van der Waals surface area contributed by atoms with Crippen LogP contribution in [0.4, 0.5) is 0 Å². The van der Waals surface area contributed by atoms with Crippen molar-refractivity contribution in [3.63, 3.8) is 0 Å². The molecular weight excluding hydrogens is 364 g/mol. The van der Waals surface area contributed by atoms with Crippen LogP contribution in [0, 0.1) is 0 Å². The fraction of sp³-hybridized carbons (Fsp3) is 0.421. The second-order valence-corrected chi connectivity index (χ2v) is 12.2. The minimum atomic E-state index is -1.86. The molecule has 0 amide bonds. The van der Waals surface area contributed by atoms with E-state index in [1.807, 2.05) is 6.92 Å². The number of hydrogen-bond donors (Lipinski definition) is 1. The zero-order valence-electron chi connectivity index (χ0n) is 16.6. The van der Waals surface area contributed by atoms with Gasteiger partial charge < -0.3 is 14.6 Å². The smallest absolute Gasteiger partial charge is 0.354 e. The zero-order chi connectivity index (χ0) is 20.4. The topological polar surface area (TPSA) is 90.7 Å². The Morgan fingerprint density at radius 2 is 1.85 bits per heavy atom. The van der Waals surface area contributed by atoms with E-state index in [4.69, 9.17) is 9.47 Å². The monoisotopic (exact) mass is 390 g/mol.